The van der Waals surface area contributed by atoms with Crippen molar-refractivity contribution < 1.29 is 14.3 Å². The third-order valence-electron chi connectivity index (χ3n) is 5.72. The van der Waals surface area contributed by atoms with E-state index in [1.807, 2.05) is 78.9 Å². The lowest BCUT2D eigenvalue weighted by Gasteiger charge is -2.38. The molecule has 0 aromatic heterocycles. The number of hydrogen-bond donors (Lipinski definition) is 0. The first kappa shape index (κ1) is 16.8. The summed E-state index contributed by atoms with van der Waals surface area (Å²) in [5.41, 5.74) is 2.20. The minimum atomic E-state index is -1.11. The lowest BCUT2D eigenvalue weighted by molar-refractivity contribution is -0.149. The Morgan fingerprint density at radius 2 is 1.50 bits per heavy atom. The van der Waals surface area contributed by atoms with Gasteiger partial charge in [0, 0.05) is 18.5 Å². The minimum absolute atomic E-state index is 0.0118. The van der Waals surface area contributed by atoms with Gasteiger partial charge in [0.15, 0.2) is 0 Å². The van der Waals surface area contributed by atoms with E-state index in [-0.39, 0.29) is 17.8 Å². The average molecular weight is 369 g/mol. The first-order chi connectivity index (χ1) is 13.7. The van der Waals surface area contributed by atoms with E-state index in [0.717, 1.165) is 16.7 Å². The van der Waals surface area contributed by atoms with Crippen LogP contribution in [0.15, 0.2) is 84.9 Å². The molecule has 3 aromatic rings. The van der Waals surface area contributed by atoms with Crippen LogP contribution >= 0.6 is 0 Å². The zero-order valence-electron chi connectivity index (χ0n) is 15.2. The number of carbonyl (C=O) groups is 2. The van der Waals surface area contributed by atoms with Gasteiger partial charge in [-0.3, -0.25) is 9.69 Å². The summed E-state index contributed by atoms with van der Waals surface area (Å²) < 4.78 is 6.07. The van der Waals surface area contributed by atoms with Crippen LogP contribution in [0.2, 0.25) is 0 Å². The summed E-state index contributed by atoms with van der Waals surface area (Å²) >= 11 is 0. The highest BCUT2D eigenvalue weighted by molar-refractivity contribution is 5.96. The van der Waals surface area contributed by atoms with Crippen LogP contribution in [0.25, 0.3) is 0 Å². The van der Waals surface area contributed by atoms with Gasteiger partial charge in [0.05, 0.1) is 11.5 Å². The predicted octanol–water partition coefficient (Wildman–Crippen LogP) is 4.23. The lowest BCUT2D eigenvalue weighted by Crippen LogP contribution is -2.45. The first-order valence-electron chi connectivity index (χ1n) is 9.42. The molecule has 0 aliphatic carbocycles. The van der Waals surface area contributed by atoms with E-state index < -0.39 is 5.72 Å². The second-order valence-corrected chi connectivity index (χ2v) is 7.26. The maximum atomic E-state index is 13.2. The molecule has 28 heavy (non-hydrogen) atoms. The molecule has 2 atom stereocenters. The first-order valence-corrected chi connectivity index (χ1v) is 9.42. The fraction of sp³-hybridized carbons (Fsp3) is 0.167. The SMILES string of the molecule is O=C1O[C@]2(c3ccccc31)[C@@H](c1ccccc1)CC(=O)N2Cc1ccccc1. The molecule has 0 radical (unpaired) electrons. The van der Waals surface area contributed by atoms with Gasteiger partial charge in [-0.15, -0.1) is 0 Å². The average Bonchev–Trinajstić information content (AvgIpc) is 3.19. The van der Waals surface area contributed by atoms with Crippen LogP contribution in [0.3, 0.4) is 0 Å². The van der Waals surface area contributed by atoms with E-state index in [2.05, 4.69) is 0 Å². The van der Waals surface area contributed by atoms with Crippen molar-refractivity contribution in [1.29, 1.82) is 0 Å². The van der Waals surface area contributed by atoms with Crippen molar-refractivity contribution in [3.8, 4) is 0 Å². The van der Waals surface area contributed by atoms with Crippen LogP contribution in [0.1, 0.15) is 39.4 Å². The maximum absolute atomic E-state index is 13.2. The number of likely N-dealkylation sites (tertiary alicyclic amines) is 1. The highest BCUT2D eigenvalue weighted by Gasteiger charge is 2.61. The summed E-state index contributed by atoms with van der Waals surface area (Å²) in [5, 5.41) is 0. The molecule has 4 nitrogen and oxygen atoms in total. The van der Waals surface area contributed by atoms with Crippen LogP contribution < -0.4 is 0 Å². The van der Waals surface area contributed by atoms with Gasteiger partial charge >= 0.3 is 5.97 Å². The summed E-state index contributed by atoms with van der Waals surface area (Å²) in [4.78, 5) is 27.7. The molecule has 1 spiro atoms. The zero-order valence-corrected chi connectivity index (χ0v) is 15.2. The Hall–Kier alpha value is -3.40. The molecule has 2 heterocycles. The minimum Gasteiger partial charge on any atom is -0.430 e. The zero-order chi connectivity index (χ0) is 19.1. The Bertz CT molecular complexity index is 1050. The van der Waals surface area contributed by atoms with Gasteiger partial charge in [-0.2, -0.15) is 0 Å². The second kappa shape index (κ2) is 6.34. The van der Waals surface area contributed by atoms with Crippen molar-refractivity contribution in [2.75, 3.05) is 0 Å². The number of fused-ring (bicyclic) bond motifs is 2. The van der Waals surface area contributed by atoms with Crippen LogP contribution in [-0.4, -0.2) is 16.8 Å². The summed E-state index contributed by atoms with van der Waals surface area (Å²) in [7, 11) is 0. The highest BCUT2D eigenvalue weighted by atomic mass is 16.6. The van der Waals surface area contributed by atoms with Crippen LogP contribution in [0.4, 0.5) is 0 Å². The Kier molecular flexibility index (Phi) is 3.79. The van der Waals surface area contributed by atoms with Crippen molar-refractivity contribution in [1.82, 2.24) is 4.90 Å². The van der Waals surface area contributed by atoms with Gasteiger partial charge in [0.2, 0.25) is 11.6 Å². The van der Waals surface area contributed by atoms with Crippen molar-refractivity contribution in [3.05, 3.63) is 107 Å². The third-order valence-corrected chi connectivity index (χ3v) is 5.72. The molecule has 1 fully saturated rings. The summed E-state index contributed by atoms with van der Waals surface area (Å²) in [6, 6.07) is 27.1. The third kappa shape index (κ3) is 2.38. The van der Waals surface area contributed by atoms with Crippen molar-refractivity contribution >= 4 is 11.9 Å². The quantitative estimate of drug-likeness (QED) is 0.649. The van der Waals surface area contributed by atoms with E-state index in [1.165, 1.54) is 0 Å². The van der Waals surface area contributed by atoms with E-state index in [0.29, 0.717) is 18.5 Å². The molecule has 5 rings (SSSR count). The van der Waals surface area contributed by atoms with Crippen molar-refractivity contribution in [3.63, 3.8) is 0 Å². The van der Waals surface area contributed by atoms with Gasteiger partial charge in [0.25, 0.3) is 0 Å². The Balaban J connectivity index is 1.69. The summed E-state index contributed by atoms with van der Waals surface area (Å²) in [5.74, 6) is -0.635. The molecular formula is C24H19NO3. The molecular weight excluding hydrogens is 350 g/mol. The lowest BCUT2D eigenvalue weighted by atomic mass is 9.83. The van der Waals surface area contributed by atoms with Crippen molar-refractivity contribution in [2.45, 2.75) is 24.6 Å². The summed E-state index contributed by atoms with van der Waals surface area (Å²) in [6.07, 6.45) is 0.304. The molecule has 0 N–H and O–H groups in total. The Labute approximate surface area is 163 Å². The smallest absolute Gasteiger partial charge is 0.341 e. The summed E-state index contributed by atoms with van der Waals surface area (Å²) in [6.45, 7) is 0.393. The van der Waals surface area contributed by atoms with Gasteiger partial charge in [-0.05, 0) is 17.2 Å². The second-order valence-electron chi connectivity index (χ2n) is 7.26. The van der Waals surface area contributed by atoms with E-state index in [4.69, 9.17) is 4.74 Å². The molecule has 0 bridgehead atoms. The number of nitrogens with zero attached hydrogens (tertiary/aromatic N) is 1. The van der Waals surface area contributed by atoms with Crippen LogP contribution in [0.5, 0.6) is 0 Å². The molecule has 2 aliphatic heterocycles. The van der Waals surface area contributed by atoms with Gasteiger partial charge in [0.1, 0.15) is 0 Å². The molecule has 4 heteroatoms. The van der Waals surface area contributed by atoms with Crippen molar-refractivity contribution in [2.24, 2.45) is 0 Å². The molecule has 2 aliphatic rings. The largest absolute Gasteiger partial charge is 0.430 e. The number of esters is 1. The molecule has 0 saturated carbocycles. The van der Waals surface area contributed by atoms with Crippen LogP contribution in [0, 0.1) is 0 Å². The topological polar surface area (TPSA) is 46.6 Å². The number of amides is 1. The monoisotopic (exact) mass is 369 g/mol. The highest BCUT2D eigenvalue weighted by Crippen LogP contribution is 2.55. The molecule has 0 unspecified atom stereocenters. The fourth-order valence-corrected chi connectivity index (χ4v) is 4.48. The van der Waals surface area contributed by atoms with E-state index >= 15 is 0 Å². The Morgan fingerprint density at radius 1 is 0.857 bits per heavy atom. The number of ether oxygens (including phenoxy) is 1. The normalized spacial score (nSPS) is 23.1. The van der Waals surface area contributed by atoms with Gasteiger partial charge in [-0.1, -0.05) is 78.9 Å². The van der Waals surface area contributed by atoms with E-state index in [9.17, 15) is 9.59 Å². The molecule has 3 aromatic carbocycles. The fourth-order valence-electron chi connectivity index (χ4n) is 4.48. The standard InChI is InChI=1S/C24H19NO3/c26-22-15-21(18-11-5-2-6-12-18)24(25(22)16-17-9-3-1-4-10-17)20-14-8-7-13-19(20)23(27)28-24/h1-14,21H,15-16H2/t21-,24-/m1/s1. The number of hydrogen-bond acceptors (Lipinski definition) is 3. The number of carbonyl (C=O) groups excluding carboxylic acids is 2. The maximum Gasteiger partial charge on any atom is 0.341 e. The van der Waals surface area contributed by atoms with E-state index in [1.54, 1.807) is 11.0 Å². The molecule has 1 saturated heterocycles. The van der Waals surface area contributed by atoms with Gasteiger partial charge in [-0.25, -0.2) is 4.79 Å². The molecule has 1 amide bonds. The van der Waals surface area contributed by atoms with Gasteiger partial charge < -0.3 is 4.74 Å². The molecule has 138 valence electrons. The predicted molar refractivity (Wildman–Crippen MR) is 104 cm³/mol. The Morgan fingerprint density at radius 3 is 2.25 bits per heavy atom. The number of rotatable bonds is 3. The van der Waals surface area contributed by atoms with Crippen LogP contribution in [-0.2, 0) is 21.8 Å². The number of benzene rings is 3.